The van der Waals surface area contributed by atoms with Gasteiger partial charge in [-0.05, 0) is 29.2 Å². The van der Waals surface area contributed by atoms with E-state index in [1.807, 2.05) is 47.4 Å². The quantitative estimate of drug-likeness (QED) is 0.688. The van der Waals surface area contributed by atoms with E-state index in [0.29, 0.717) is 6.54 Å². The van der Waals surface area contributed by atoms with Crippen molar-refractivity contribution in [2.75, 3.05) is 13.1 Å². The van der Waals surface area contributed by atoms with Gasteiger partial charge < -0.3 is 4.90 Å². The van der Waals surface area contributed by atoms with Crippen molar-refractivity contribution in [3.8, 4) is 0 Å². The van der Waals surface area contributed by atoms with Crippen LogP contribution < -0.4 is 21.9 Å². The van der Waals surface area contributed by atoms with Crippen molar-refractivity contribution in [3.05, 3.63) is 77.4 Å². The van der Waals surface area contributed by atoms with Crippen LogP contribution >= 0.6 is 0 Å². The number of carbonyl (C=O) groups is 1. The average Bonchev–Trinajstić information content (AvgIpc) is 3.23. The molecule has 0 aliphatic carbocycles. The van der Waals surface area contributed by atoms with Crippen LogP contribution in [0.1, 0.15) is 34.1 Å². The fourth-order valence-electron chi connectivity index (χ4n) is 3.29. The maximum atomic E-state index is 13.0. The molecule has 0 aromatic heterocycles. The number of amides is 1. The molecule has 0 bridgehead atoms. The molecule has 1 saturated heterocycles. The summed E-state index contributed by atoms with van der Waals surface area (Å²) in [6.07, 6.45) is 2.88. The Morgan fingerprint density at radius 3 is 2.40 bits per heavy atom. The van der Waals surface area contributed by atoms with Crippen LogP contribution in [-0.4, -0.2) is 23.9 Å². The van der Waals surface area contributed by atoms with Gasteiger partial charge in [0, 0.05) is 18.7 Å². The first kappa shape index (κ1) is 16.0. The summed E-state index contributed by atoms with van der Waals surface area (Å²) in [7, 11) is 0. The van der Waals surface area contributed by atoms with Crippen molar-refractivity contribution >= 4 is 11.5 Å². The number of hydrogen-bond donors (Lipinski definition) is 4. The van der Waals surface area contributed by atoms with Crippen LogP contribution in [0.5, 0.6) is 0 Å². The van der Waals surface area contributed by atoms with E-state index in [1.54, 1.807) is 0 Å². The molecule has 0 unspecified atom stereocenters. The van der Waals surface area contributed by atoms with Crippen LogP contribution in [0.25, 0.3) is 5.57 Å². The third-order valence-corrected chi connectivity index (χ3v) is 4.64. The number of nitrogens with one attached hydrogen (secondary N) is 4. The second-order valence-corrected chi connectivity index (χ2v) is 6.16. The summed E-state index contributed by atoms with van der Waals surface area (Å²) in [5.41, 5.74) is 15.9. The Labute approximate surface area is 146 Å². The van der Waals surface area contributed by atoms with E-state index in [2.05, 4.69) is 40.1 Å². The number of hydrazine groups is 3. The lowest BCUT2D eigenvalue weighted by Gasteiger charge is -2.28. The Hall–Kier alpha value is -2.51. The molecular weight excluding hydrogens is 314 g/mol. The molecule has 0 saturated carbocycles. The molecule has 2 heterocycles. The maximum Gasteiger partial charge on any atom is 0.254 e. The Morgan fingerprint density at radius 1 is 0.960 bits per heavy atom. The van der Waals surface area contributed by atoms with Gasteiger partial charge in [-0.25, -0.2) is 10.9 Å². The standard InChI is InChI=1S/C19H21N5O/c25-19(17-9-5-4-8-16(17)18-20-22-23-21-18)24-12-10-15(11-13-24)14-6-2-1-3-7-14/h1-10,18,20-23H,11-13H2. The first-order valence-electron chi connectivity index (χ1n) is 8.46. The molecule has 6 heteroatoms. The maximum absolute atomic E-state index is 13.0. The van der Waals surface area contributed by atoms with Crippen LogP contribution in [0.3, 0.4) is 0 Å². The number of nitrogens with zero attached hydrogens (tertiary/aromatic N) is 1. The molecular formula is C19H21N5O. The zero-order valence-corrected chi connectivity index (χ0v) is 13.8. The molecule has 1 fully saturated rings. The molecule has 4 rings (SSSR count). The van der Waals surface area contributed by atoms with Gasteiger partial charge in [-0.2, -0.15) is 11.1 Å². The SMILES string of the molecule is O=C(c1ccccc1C1NNNN1)N1CC=C(c2ccccc2)CC1. The minimum absolute atomic E-state index is 0.0643. The van der Waals surface area contributed by atoms with E-state index < -0.39 is 0 Å². The zero-order chi connectivity index (χ0) is 17.1. The van der Waals surface area contributed by atoms with Crippen molar-refractivity contribution in [1.82, 2.24) is 26.8 Å². The third kappa shape index (κ3) is 3.33. The predicted molar refractivity (Wildman–Crippen MR) is 96.7 cm³/mol. The molecule has 2 aliphatic heterocycles. The normalized spacial score (nSPS) is 18.2. The highest BCUT2D eigenvalue weighted by Gasteiger charge is 2.25. The Bertz CT molecular complexity index is 783. The minimum atomic E-state index is -0.152. The summed E-state index contributed by atoms with van der Waals surface area (Å²) < 4.78 is 0. The van der Waals surface area contributed by atoms with Crippen LogP contribution in [0.15, 0.2) is 60.7 Å². The monoisotopic (exact) mass is 335 g/mol. The predicted octanol–water partition coefficient (Wildman–Crippen LogP) is 1.73. The van der Waals surface area contributed by atoms with Crippen LogP contribution in [0.4, 0.5) is 0 Å². The molecule has 0 atom stereocenters. The first-order chi connectivity index (χ1) is 12.3. The van der Waals surface area contributed by atoms with E-state index in [1.165, 1.54) is 11.1 Å². The van der Waals surface area contributed by atoms with E-state index in [4.69, 9.17) is 0 Å². The Morgan fingerprint density at radius 2 is 1.68 bits per heavy atom. The van der Waals surface area contributed by atoms with Crippen molar-refractivity contribution < 1.29 is 4.79 Å². The second kappa shape index (κ2) is 7.16. The van der Waals surface area contributed by atoms with Gasteiger partial charge >= 0.3 is 0 Å². The van der Waals surface area contributed by atoms with Crippen LogP contribution in [0.2, 0.25) is 0 Å². The highest BCUT2D eigenvalue weighted by molar-refractivity contribution is 5.96. The van der Waals surface area contributed by atoms with Crippen molar-refractivity contribution in [1.29, 1.82) is 0 Å². The number of benzene rings is 2. The summed E-state index contributed by atoms with van der Waals surface area (Å²) in [6, 6.07) is 18.1. The van der Waals surface area contributed by atoms with E-state index in [0.717, 1.165) is 24.1 Å². The Balaban J connectivity index is 1.52. The van der Waals surface area contributed by atoms with Crippen LogP contribution in [0, 0.1) is 0 Å². The Kier molecular flexibility index (Phi) is 4.58. The first-order valence-corrected chi connectivity index (χ1v) is 8.46. The lowest BCUT2D eigenvalue weighted by atomic mass is 9.98. The highest BCUT2D eigenvalue weighted by atomic mass is 16.2. The lowest BCUT2D eigenvalue weighted by molar-refractivity contribution is 0.0771. The number of carbonyl (C=O) groups excluding carboxylic acids is 1. The summed E-state index contributed by atoms with van der Waals surface area (Å²) in [4.78, 5) is 14.9. The van der Waals surface area contributed by atoms with Gasteiger partial charge in [0.2, 0.25) is 0 Å². The van der Waals surface area contributed by atoms with E-state index in [9.17, 15) is 4.79 Å². The molecule has 4 N–H and O–H groups in total. The number of rotatable bonds is 3. The third-order valence-electron chi connectivity index (χ3n) is 4.64. The molecule has 128 valence electrons. The van der Waals surface area contributed by atoms with Gasteiger partial charge in [-0.1, -0.05) is 54.6 Å². The molecule has 2 aromatic carbocycles. The molecule has 2 aliphatic rings. The summed E-state index contributed by atoms with van der Waals surface area (Å²) >= 11 is 0. The van der Waals surface area contributed by atoms with Gasteiger partial charge in [0.25, 0.3) is 5.91 Å². The molecule has 6 nitrogen and oxygen atoms in total. The highest BCUT2D eigenvalue weighted by Crippen LogP contribution is 2.24. The topological polar surface area (TPSA) is 68.4 Å². The smallest absolute Gasteiger partial charge is 0.254 e. The lowest BCUT2D eigenvalue weighted by Crippen LogP contribution is -2.36. The van der Waals surface area contributed by atoms with E-state index in [-0.39, 0.29) is 12.1 Å². The summed E-state index contributed by atoms with van der Waals surface area (Å²) in [6.45, 7) is 1.37. The average molecular weight is 335 g/mol. The fraction of sp³-hybridized carbons (Fsp3) is 0.211. The molecule has 2 aromatic rings. The van der Waals surface area contributed by atoms with Crippen molar-refractivity contribution in [2.24, 2.45) is 0 Å². The van der Waals surface area contributed by atoms with E-state index >= 15 is 0 Å². The molecule has 1 amide bonds. The van der Waals surface area contributed by atoms with Gasteiger partial charge in [0.15, 0.2) is 0 Å². The largest absolute Gasteiger partial charge is 0.335 e. The molecule has 0 radical (unpaired) electrons. The van der Waals surface area contributed by atoms with Gasteiger partial charge in [-0.15, -0.1) is 0 Å². The summed E-state index contributed by atoms with van der Waals surface area (Å²) in [5, 5.41) is 0. The second-order valence-electron chi connectivity index (χ2n) is 6.16. The fourth-order valence-corrected chi connectivity index (χ4v) is 3.29. The van der Waals surface area contributed by atoms with Gasteiger partial charge in [0.1, 0.15) is 6.17 Å². The van der Waals surface area contributed by atoms with Gasteiger partial charge in [-0.3, -0.25) is 4.79 Å². The molecule has 0 spiro atoms. The van der Waals surface area contributed by atoms with Crippen molar-refractivity contribution in [3.63, 3.8) is 0 Å². The molecule has 25 heavy (non-hydrogen) atoms. The van der Waals surface area contributed by atoms with Gasteiger partial charge in [0.05, 0.1) is 0 Å². The zero-order valence-electron chi connectivity index (χ0n) is 13.8. The van der Waals surface area contributed by atoms with Crippen LogP contribution in [-0.2, 0) is 0 Å². The summed E-state index contributed by atoms with van der Waals surface area (Å²) in [5.74, 6) is 0.0643. The number of hydrogen-bond acceptors (Lipinski definition) is 5. The van der Waals surface area contributed by atoms with Crippen molar-refractivity contribution in [2.45, 2.75) is 12.6 Å². The minimum Gasteiger partial charge on any atom is -0.335 e.